The number of nitrogens with two attached hydrogens (primary N) is 3. The van der Waals surface area contributed by atoms with Crippen molar-refractivity contribution >= 4 is 117 Å². The Hall–Kier alpha value is -13.6. The van der Waals surface area contributed by atoms with Gasteiger partial charge in [0.05, 0.1) is 39.0 Å². The summed E-state index contributed by atoms with van der Waals surface area (Å²) in [6.45, 7) is 0.863. The number of phenols is 1. The number of aliphatic carboxylic acids is 2. The van der Waals surface area contributed by atoms with Crippen LogP contribution in [-0.4, -0.2) is 278 Å². The van der Waals surface area contributed by atoms with Crippen LogP contribution in [0.15, 0.2) is 115 Å². The van der Waals surface area contributed by atoms with Crippen molar-refractivity contribution in [3.63, 3.8) is 0 Å². The molecule has 0 aliphatic heterocycles. The second-order valence-electron chi connectivity index (χ2n) is 31.0. The van der Waals surface area contributed by atoms with Gasteiger partial charge in [0, 0.05) is 62.5 Å². The summed E-state index contributed by atoms with van der Waals surface area (Å²) in [4.78, 5) is 248. The molecule has 704 valence electrons. The van der Waals surface area contributed by atoms with Crippen LogP contribution in [-0.2, 0) is 112 Å². The minimum atomic E-state index is -2.01. The topological polar surface area (TPSA) is 723 Å². The molecule has 1 heterocycles. The lowest BCUT2D eigenvalue weighted by molar-refractivity contribution is -0.139. The maximum Gasteiger partial charge on any atom is 0.303 e. The van der Waals surface area contributed by atoms with E-state index in [-0.39, 0.29) is 63.7 Å². The Balaban J connectivity index is 1.34. The number of nitrogens with one attached hydrogen (secondary N) is 16. The lowest BCUT2D eigenvalue weighted by Crippen LogP contribution is -2.62. The van der Waals surface area contributed by atoms with E-state index in [1.54, 1.807) is 98.8 Å². The number of aromatic amines is 1. The van der Waals surface area contributed by atoms with E-state index in [4.69, 9.17) is 17.2 Å². The van der Waals surface area contributed by atoms with Crippen LogP contribution in [0.1, 0.15) is 121 Å². The first-order valence-electron chi connectivity index (χ1n) is 41.9. The zero-order chi connectivity index (χ0) is 95.4. The normalized spacial score (nSPS) is 14.3. The number of unbranched alkanes of at least 4 members (excludes halogenated alkanes) is 2. The third-order valence-corrected chi connectivity index (χ3v) is 20.1. The van der Waals surface area contributed by atoms with Gasteiger partial charge in [0.1, 0.15) is 84.3 Å². The summed E-state index contributed by atoms with van der Waals surface area (Å²) in [7, 11) is 0. The molecule has 5 aromatic rings. The number of hydrogen-bond donors (Lipinski definition) is 26. The molecule has 0 bridgehead atoms. The molecule has 0 saturated heterocycles. The summed E-state index contributed by atoms with van der Waals surface area (Å²) in [5.74, 6) is -20.2. The molecule has 29 N–H and O–H groups in total. The Bertz CT molecular complexity index is 4620. The number of amides is 16. The number of carboxylic acid groups (broad SMARTS) is 2. The van der Waals surface area contributed by atoms with Crippen LogP contribution in [0.2, 0.25) is 0 Å². The van der Waals surface area contributed by atoms with Crippen molar-refractivity contribution in [1.29, 1.82) is 0 Å². The van der Waals surface area contributed by atoms with Gasteiger partial charge in [-0.05, 0) is 124 Å². The van der Waals surface area contributed by atoms with E-state index in [1.807, 2.05) is 0 Å². The number of para-hydroxylation sites is 1. The van der Waals surface area contributed by atoms with Crippen molar-refractivity contribution in [2.45, 2.75) is 209 Å². The van der Waals surface area contributed by atoms with Gasteiger partial charge in [0.2, 0.25) is 94.5 Å². The fraction of sp³-hybridized carbons (Fsp3) is 0.482. The highest BCUT2D eigenvalue weighted by atomic mass is 16.4. The van der Waals surface area contributed by atoms with E-state index in [1.165, 1.54) is 30.5 Å². The second-order valence-corrected chi connectivity index (χ2v) is 31.0. The number of phenolic OH excluding ortho intramolecular Hbond substituents is 1. The standard InChI is InChI=1S/C85H119N19O25/c1-46(2)35-60(79(123)101-64(39-52-40-89-55-22-12-11-21-54(52)55)82(126)104-72(47(3)108)85(129)103-65(43-105)75(119)91-41-68(111)93-57(24-14-16-34-87)76(120)95-56(73(88)117)23-13-15-33-86)97-78(122)59(30-32-71(115)116)96-84(128)67(45-107)102-81(125)63(37-50-19-9-6-10-20-50)99-80(124)62(36-49-17-7-5-8-18-49)100-83(127)66(44-106)94-69(112)42-90-74(118)61(38-51-25-27-53(110)28-26-51)98-77(121)58(92-48(4)109)29-31-70(113)114/h5-12,17-22,25-28,40,46-47,56-67,72,89,105-108,110H,13-16,23-24,29-39,41-45,86-87H2,1-4H3,(H2,88,117)(H,90,118)(H,91,119)(H,92,109)(H,93,111)(H,94,112)(H,95,120)(H,96,128)(H,97,122)(H,98,121)(H,99,124)(H,100,127)(H,101,123)(H,102,125)(H,103,129)(H,104,126)(H,113,114)(H,115,116)/t47-,56+,57+,58+,59+,60+,61+,62+,63+,64+,65+,66+,67+,72+/m1/s1. The Morgan fingerprint density at radius 2 is 0.721 bits per heavy atom. The van der Waals surface area contributed by atoms with Crippen molar-refractivity contribution < 1.29 is 122 Å². The molecule has 0 fully saturated rings. The fourth-order valence-corrected chi connectivity index (χ4v) is 13.2. The maximum atomic E-state index is 14.8. The highest BCUT2D eigenvalue weighted by Crippen LogP contribution is 2.21. The van der Waals surface area contributed by atoms with Gasteiger partial charge in [-0.25, -0.2) is 0 Å². The third kappa shape index (κ3) is 37.5. The first kappa shape index (κ1) is 106. The predicted molar refractivity (Wildman–Crippen MR) is 462 cm³/mol. The van der Waals surface area contributed by atoms with Gasteiger partial charge >= 0.3 is 11.9 Å². The van der Waals surface area contributed by atoms with Crippen molar-refractivity contribution in [3.8, 4) is 5.75 Å². The molecule has 0 saturated carbocycles. The minimum Gasteiger partial charge on any atom is -0.508 e. The average Bonchev–Trinajstić information content (AvgIpc) is 1.68. The highest BCUT2D eigenvalue weighted by Gasteiger charge is 2.39. The lowest BCUT2D eigenvalue weighted by atomic mass is 9.99. The average molecular weight is 1810 g/mol. The number of H-pyrrole nitrogens is 1. The second kappa shape index (κ2) is 55.1. The van der Waals surface area contributed by atoms with Gasteiger partial charge in [0.15, 0.2) is 0 Å². The summed E-state index contributed by atoms with van der Waals surface area (Å²) in [5.41, 5.74) is 19.0. The first-order valence-corrected chi connectivity index (χ1v) is 41.9. The van der Waals surface area contributed by atoms with E-state index >= 15 is 0 Å². The zero-order valence-corrected chi connectivity index (χ0v) is 71.9. The molecular formula is C85H119N19O25. The van der Waals surface area contributed by atoms with Crippen LogP contribution in [0.4, 0.5) is 0 Å². The van der Waals surface area contributed by atoms with Crippen LogP contribution >= 0.6 is 0 Å². The molecular weight excluding hydrogens is 1690 g/mol. The number of aromatic nitrogens is 1. The largest absolute Gasteiger partial charge is 0.508 e. The van der Waals surface area contributed by atoms with Gasteiger partial charge in [-0.15, -0.1) is 0 Å². The Labute approximate surface area is 742 Å². The number of carbonyl (C=O) groups is 18. The van der Waals surface area contributed by atoms with Gasteiger partial charge < -0.3 is 138 Å². The van der Waals surface area contributed by atoms with Crippen LogP contribution < -0.4 is 97.0 Å². The van der Waals surface area contributed by atoms with Gasteiger partial charge in [0.25, 0.3) is 0 Å². The number of carboxylic acids is 2. The molecule has 44 heteroatoms. The molecule has 16 amide bonds. The van der Waals surface area contributed by atoms with Crippen molar-refractivity contribution in [2.24, 2.45) is 23.1 Å². The number of fused-ring (bicyclic) bond motifs is 1. The van der Waals surface area contributed by atoms with Crippen LogP contribution in [0, 0.1) is 5.92 Å². The fourth-order valence-electron chi connectivity index (χ4n) is 13.2. The van der Waals surface area contributed by atoms with Crippen LogP contribution in [0.25, 0.3) is 10.9 Å². The SMILES string of the molecule is CC(=O)N[C@@H](CCC(=O)O)C(=O)N[C@@H](Cc1ccc(O)cc1)C(=O)NCC(=O)N[C@@H](CO)C(=O)N[C@@H](Cc1ccccc1)C(=O)N[C@@H](Cc1ccccc1)C(=O)N[C@@H](CO)C(=O)N[C@@H](CCC(=O)O)C(=O)N[C@@H](CC(C)C)C(=O)N[C@@H](Cc1c[nH]c2ccccc12)C(=O)N[C@H](C(=O)N[C@@H](CO)C(=O)NCC(=O)N[C@@H](CCCCN)C(=O)N[C@@H](CCCCN)C(N)=O)[C@@H](C)O. The van der Waals surface area contributed by atoms with Gasteiger partial charge in [-0.1, -0.05) is 105 Å². The number of benzene rings is 4. The Morgan fingerprint density at radius 3 is 1.18 bits per heavy atom. The molecule has 5 rings (SSSR count). The Morgan fingerprint density at radius 1 is 0.372 bits per heavy atom. The number of rotatable bonds is 58. The number of hydrogen-bond acceptors (Lipinski definition) is 25. The molecule has 129 heavy (non-hydrogen) atoms. The molecule has 1 aromatic heterocycles. The molecule has 4 aromatic carbocycles. The lowest BCUT2D eigenvalue weighted by Gasteiger charge is -2.29. The van der Waals surface area contributed by atoms with E-state index < -0.39 is 249 Å². The number of primary amides is 1. The number of aliphatic hydroxyl groups excluding tert-OH is 4. The summed E-state index contributed by atoms with van der Waals surface area (Å²) >= 11 is 0. The summed E-state index contributed by atoms with van der Waals surface area (Å²) in [6.07, 6.45) is -2.21. The first-order chi connectivity index (χ1) is 61.4. The Kier molecular flexibility index (Phi) is 45.3. The number of aliphatic hydroxyl groups is 4. The van der Waals surface area contributed by atoms with E-state index in [9.17, 15) is 122 Å². The summed E-state index contributed by atoms with van der Waals surface area (Å²) in [5, 5.41) is 108. The molecule has 0 aliphatic carbocycles. The van der Waals surface area contributed by atoms with Crippen LogP contribution in [0.5, 0.6) is 5.75 Å². The predicted octanol–water partition coefficient (Wildman–Crippen LogP) is -6.42. The highest BCUT2D eigenvalue weighted by molar-refractivity contribution is 6.01. The third-order valence-electron chi connectivity index (χ3n) is 20.1. The monoisotopic (exact) mass is 1810 g/mol. The van der Waals surface area contributed by atoms with E-state index in [2.05, 4.69) is 84.7 Å². The maximum absolute atomic E-state index is 14.8. The van der Waals surface area contributed by atoms with Crippen molar-refractivity contribution in [3.05, 3.63) is 138 Å². The summed E-state index contributed by atoms with van der Waals surface area (Å²) in [6, 6.07) is 6.66. The van der Waals surface area contributed by atoms with E-state index in [0.717, 1.165) is 13.8 Å². The van der Waals surface area contributed by atoms with Crippen molar-refractivity contribution in [2.75, 3.05) is 46.0 Å². The molecule has 44 nitrogen and oxygen atoms in total. The molecule has 0 aliphatic rings. The van der Waals surface area contributed by atoms with Crippen LogP contribution in [0.3, 0.4) is 0 Å². The molecule has 0 spiro atoms. The van der Waals surface area contributed by atoms with Gasteiger partial charge in [-0.3, -0.25) is 86.3 Å². The molecule has 0 radical (unpaired) electrons. The number of carbonyl (C=O) groups excluding carboxylic acids is 16. The molecule has 14 atom stereocenters. The van der Waals surface area contributed by atoms with Gasteiger partial charge in [-0.2, -0.15) is 0 Å². The summed E-state index contributed by atoms with van der Waals surface area (Å²) < 4.78 is 0. The minimum absolute atomic E-state index is 0.0555. The van der Waals surface area contributed by atoms with Crippen molar-refractivity contribution in [1.82, 2.24) is 84.7 Å². The smallest absolute Gasteiger partial charge is 0.303 e. The quantitative estimate of drug-likeness (QED) is 0.0161. The zero-order valence-electron chi connectivity index (χ0n) is 71.9. The van der Waals surface area contributed by atoms with E-state index in [0.29, 0.717) is 65.4 Å². The number of aromatic hydroxyl groups is 1. The molecule has 0 unspecified atom stereocenters.